The van der Waals surface area contributed by atoms with E-state index >= 15 is 0 Å². The van der Waals surface area contributed by atoms with Gasteiger partial charge in [0.1, 0.15) is 12.0 Å². The quantitative estimate of drug-likeness (QED) is 0.695. The molecule has 0 N–H and O–H groups in total. The molecular formula is C14H12F2. The molecule has 0 heterocycles. The van der Waals surface area contributed by atoms with E-state index in [1.54, 1.807) is 12.1 Å². The Morgan fingerprint density at radius 1 is 1.00 bits per heavy atom. The highest BCUT2D eigenvalue weighted by atomic mass is 19.1. The van der Waals surface area contributed by atoms with Gasteiger partial charge in [-0.25, -0.2) is 8.78 Å². The number of alkyl halides is 1. The molecule has 82 valence electrons. The van der Waals surface area contributed by atoms with Crippen molar-refractivity contribution < 1.29 is 8.78 Å². The summed E-state index contributed by atoms with van der Waals surface area (Å²) in [6.07, 6.45) is -1.14. The van der Waals surface area contributed by atoms with Crippen molar-refractivity contribution in [2.75, 3.05) is 0 Å². The van der Waals surface area contributed by atoms with E-state index in [0.717, 1.165) is 5.56 Å². The van der Waals surface area contributed by atoms with E-state index in [0.29, 0.717) is 11.1 Å². The predicted octanol–water partition coefficient (Wildman–Crippen LogP) is 4.52. The molecule has 0 aliphatic rings. The Hall–Kier alpha value is -1.70. The molecule has 0 bridgehead atoms. The van der Waals surface area contributed by atoms with Crippen molar-refractivity contribution in [1.82, 2.24) is 0 Å². The van der Waals surface area contributed by atoms with E-state index in [-0.39, 0.29) is 5.82 Å². The minimum Gasteiger partial charge on any atom is -0.243 e. The molecule has 2 aromatic rings. The minimum atomic E-state index is -1.14. The van der Waals surface area contributed by atoms with Crippen LogP contribution in [0.1, 0.15) is 18.7 Å². The molecule has 0 fully saturated rings. The van der Waals surface area contributed by atoms with Crippen molar-refractivity contribution in [3.05, 3.63) is 59.9 Å². The van der Waals surface area contributed by atoms with Crippen molar-refractivity contribution in [1.29, 1.82) is 0 Å². The lowest BCUT2D eigenvalue weighted by Crippen LogP contribution is -1.90. The summed E-state index contributed by atoms with van der Waals surface area (Å²) in [5.74, 6) is -0.381. The Bertz CT molecular complexity index is 475. The average Bonchev–Trinajstić information content (AvgIpc) is 2.30. The van der Waals surface area contributed by atoms with Gasteiger partial charge in [-0.3, -0.25) is 0 Å². The molecule has 0 amide bonds. The minimum absolute atomic E-state index is 0.372. The van der Waals surface area contributed by atoms with E-state index in [1.165, 1.54) is 13.0 Å². The molecule has 1 unspecified atom stereocenters. The summed E-state index contributed by atoms with van der Waals surface area (Å²) >= 11 is 0. The topological polar surface area (TPSA) is 0 Å². The predicted molar refractivity (Wildman–Crippen MR) is 61.4 cm³/mol. The molecule has 0 aliphatic heterocycles. The van der Waals surface area contributed by atoms with Gasteiger partial charge in [-0.15, -0.1) is 0 Å². The Labute approximate surface area is 93.5 Å². The van der Waals surface area contributed by atoms with Gasteiger partial charge < -0.3 is 0 Å². The summed E-state index contributed by atoms with van der Waals surface area (Å²) in [4.78, 5) is 0. The highest BCUT2D eigenvalue weighted by molar-refractivity contribution is 5.64. The van der Waals surface area contributed by atoms with Gasteiger partial charge in [0.15, 0.2) is 0 Å². The SMILES string of the molecule is CC(F)c1ccc(-c2ccccc2)c(F)c1. The molecule has 0 saturated heterocycles. The number of rotatable bonds is 2. The number of benzene rings is 2. The Morgan fingerprint density at radius 3 is 2.25 bits per heavy atom. The summed E-state index contributed by atoms with van der Waals surface area (Å²) in [5, 5.41) is 0. The second-order valence-corrected chi connectivity index (χ2v) is 3.72. The zero-order valence-corrected chi connectivity index (χ0v) is 8.95. The van der Waals surface area contributed by atoms with Crippen LogP contribution in [0.3, 0.4) is 0 Å². The fraction of sp³-hybridized carbons (Fsp3) is 0.143. The third-order valence-corrected chi connectivity index (χ3v) is 2.54. The van der Waals surface area contributed by atoms with Gasteiger partial charge in [-0.2, -0.15) is 0 Å². The van der Waals surface area contributed by atoms with Gasteiger partial charge in [0, 0.05) is 5.56 Å². The third kappa shape index (κ3) is 2.11. The van der Waals surface area contributed by atoms with E-state index < -0.39 is 6.17 Å². The summed E-state index contributed by atoms with van der Waals surface area (Å²) in [7, 11) is 0. The molecule has 0 aliphatic carbocycles. The lowest BCUT2D eigenvalue weighted by atomic mass is 10.0. The third-order valence-electron chi connectivity index (χ3n) is 2.54. The molecule has 0 nitrogen and oxygen atoms in total. The zero-order chi connectivity index (χ0) is 11.5. The van der Waals surface area contributed by atoms with Crippen LogP contribution < -0.4 is 0 Å². The fourth-order valence-corrected chi connectivity index (χ4v) is 1.63. The molecule has 16 heavy (non-hydrogen) atoms. The van der Waals surface area contributed by atoms with Crippen molar-refractivity contribution in [2.45, 2.75) is 13.1 Å². The first-order chi connectivity index (χ1) is 7.68. The fourth-order valence-electron chi connectivity index (χ4n) is 1.63. The smallest absolute Gasteiger partial charge is 0.131 e. The van der Waals surface area contributed by atoms with E-state index in [4.69, 9.17) is 0 Å². The summed E-state index contributed by atoms with van der Waals surface area (Å²) < 4.78 is 26.7. The van der Waals surface area contributed by atoms with Crippen LogP contribution in [0.15, 0.2) is 48.5 Å². The monoisotopic (exact) mass is 218 g/mol. The summed E-state index contributed by atoms with van der Waals surface area (Å²) in [6, 6.07) is 13.7. The average molecular weight is 218 g/mol. The van der Waals surface area contributed by atoms with E-state index in [1.807, 2.05) is 30.3 Å². The molecule has 0 saturated carbocycles. The molecule has 1 atom stereocenters. The normalized spacial score (nSPS) is 12.4. The van der Waals surface area contributed by atoms with Crippen LogP contribution in [0, 0.1) is 5.82 Å². The molecule has 2 rings (SSSR count). The van der Waals surface area contributed by atoms with Crippen LogP contribution in [-0.4, -0.2) is 0 Å². The first-order valence-electron chi connectivity index (χ1n) is 5.17. The van der Waals surface area contributed by atoms with Crippen molar-refractivity contribution in [2.24, 2.45) is 0 Å². The van der Waals surface area contributed by atoms with Crippen LogP contribution in [0.5, 0.6) is 0 Å². The Balaban J connectivity index is 2.45. The van der Waals surface area contributed by atoms with Crippen LogP contribution in [0.25, 0.3) is 11.1 Å². The first-order valence-corrected chi connectivity index (χ1v) is 5.17. The van der Waals surface area contributed by atoms with E-state index in [2.05, 4.69) is 0 Å². The Kier molecular flexibility index (Phi) is 3.00. The van der Waals surface area contributed by atoms with Crippen molar-refractivity contribution in [3.8, 4) is 11.1 Å². The van der Waals surface area contributed by atoms with Gasteiger partial charge in [-0.1, -0.05) is 42.5 Å². The second-order valence-electron chi connectivity index (χ2n) is 3.72. The summed E-state index contributed by atoms with van der Waals surface area (Å²) in [5.41, 5.74) is 1.68. The van der Waals surface area contributed by atoms with Gasteiger partial charge in [0.25, 0.3) is 0 Å². The molecule has 0 radical (unpaired) electrons. The molecule has 0 spiro atoms. The largest absolute Gasteiger partial charge is 0.243 e. The highest BCUT2D eigenvalue weighted by Gasteiger charge is 2.08. The highest BCUT2D eigenvalue weighted by Crippen LogP contribution is 2.26. The lowest BCUT2D eigenvalue weighted by molar-refractivity contribution is 0.373. The maximum atomic E-state index is 13.7. The van der Waals surface area contributed by atoms with Crippen LogP contribution in [0.2, 0.25) is 0 Å². The van der Waals surface area contributed by atoms with Gasteiger partial charge >= 0.3 is 0 Å². The second kappa shape index (κ2) is 4.44. The lowest BCUT2D eigenvalue weighted by Gasteiger charge is -2.07. The maximum Gasteiger partial charge on any atom is 0.131 e. The molecule has 0 aromatic heterocycles. The van der Waals surface area contributed by atoms with Gasteiger partial charge in [0.2, 0.25) is 0 Å². The van der Waals surface area contributed by atoms with Gasteiger partial charge in [-0.05, 0) is 24.1 Å². The number of hydrogen-bond donors (Lipinski definition) is 0. The zero-order valence-electron chi connectivity index (χ0n) is 8.95. The van der Waals surface area contributed by atoms with Crippen LogP contribution in [-0.2, 0) is 0 Å². The maximum absolute atomic E-state index is 13.7. The van der Waals surface area contributed by atoms with Crippen molar-refractivity contribution in [3.63, 3.8) is 0 Å². The van der Waals surface area contributed by atoms with Gasteiger partial charge in [0.05, 0.1) is 0 Å². The number of halogens is 2. The molecule has 2 heteroatoms. The molecular weight excluding hydrogens is 206 g/mol. The number of hydrogen-bond acceptors (Lipinski definition) is 0. The standard InChI is InChI=1S/C14H12F2/c1-10(15)12-7-8-13(14(16)9-12)11-5-3-2-4-6-11/h2-10H,1H3. The molecule has 2 aromatic carbocycles. The van der Waals surface area contributed by atoms with E-state index in [9.17, 15) is 8.78 Å². The Morgan fingerprint density at radius 2 is 1.69 bits per heavy atom. The first kappa shape index (κ1) is 10.8. The van der Waals surface area contributed by atoms with Crippen LogP contribution >= 0.6 is 0 Å². The van der Waals surface area contributed by atoms with Crippen LogP contribution in [0.4, 0.5) is 8.78 Å². The van der Waals surface area contributed by atoms with Crippen molar-refractivity contribution >= 4 is 0 Å². The summed E-state index contributed by atoms with van der Waals surface area (Å²) in [6.45, 7) is 1.40.